The Balaban J connectivity index is 0.000000186. The Hall–Kier alpha value is -2.44. The van der Waals surface area contributed by atoms with Crippen LogP contribution in [-0.2, 0) is 16.5 Å². The van der Waals surface area contributed by atoms with Gasteiger partial charge in [0.15, 0.2) is 0 Å². The van der Waals surface area contributed by atoms with Crippen molar-refractivity contribution in [2.45, 2.75) is 32.1 Å². The lowest BCUT2D eigenvalue weighted by atomic mass is 10.0. The van der Waals surface area contributed by atoms with Gasteiger partial charge in [0.2, 0.25) is 0 Å². The second kappa shape index (κ2) is 8.09. The standard InChI is InChI=1S/C12H14N2.C7H8O3S/c1-9-4-3-5-11(10(9)2)6-12-7-13-8-14-12;1-6-2-4-7(5-3-6)11(8,9)10/h3-5,7-8H,6H2,1-2H3,(H,13,14);2-5H,1H3,(H,8,9,10). The van der Waals surface area contributed by atoms with Crippen molar-refractivity contribution in [3.63, 3.8) is 0 Å². The summed E-state index contributed by atoms with van der Waals surface area (Å²) in [6, 6.07) is 12.4. The lowest BCUT2D eigenvalue weighted by molar-refractivity contribution is 0.483. The van der Waals surface area contributed by atoms with E-state index in [0.717, 1.165) is 17.7 Å². The van der Waals surface area contributed by atoms with Gasteiger partial charge < -0.3 is 4.98 Å². The van der Waals surface area contributed by atoms with Gasteiger partial charge in [-0.15, -0.1) is 0 Å². The van der Waals surface area contributed by atoms with Crippen molar-refractivity contribution in [1.29, 1.82) is 0 Å². The molecule has 3 aromatic rings. The van der Waals surface area contributed by atoms with E-state index in [-0.39, 0.29) is 4.90 Å². The second-order valence-corrected chi connectivity index (χ2v) is 7.31. The van der Waals surface area contributed by atoms with E-state index in [9.17, 15) is 8.42 Å². The zero-order chi connectivity index (χ0) is 18.4. The number of hydrogen-bond donors (Lipinski definition) is 2. The molecule has 5 nitrogen and oxygen atoms in total. The molecule has 0 unspecified atom stereocenters. The average Bonchev–Trinajstić information content (AvgIpc) is 3.05. The molecule has 0 saturated heterocycles. The molecule has 0 aliphatic carbocycles. The van der Waals surface area contributed by atoms with Crippen molar-refractivity contribution in [3.05, 3.63) is 82.9 Å². The quantitative estimate of drug-likeness (QED) is 0.697. The Kier molecular flexibility index (Phi) is 6.12. The first-order valence-electron chi connectivity index (χ1n) is 7.84. The Bertz CT molecular complexity index is 916. The van der Waals surface area contributed by atoms with E-state index >= 15 is 0 Å². The fourth-order valence-electron chi connectivity index (χ4n) is 2.30. The van der Waals surface area contributed by atoms with Crippen LogP contribution in [0.1, 0.15) is 27.9 Å². The van der Waals surface area contributed by atoms with Gasteiger partial charge in [-0.3, -0.25) is 4.55 Å². The summed E-state index contributed by atoms with van der Waals surface area (Å²) in [6.07, 6.45) is 4.58. The van der Waals surface area contributed by atoms with Crippen LogP contribution in [0.4, 0.5) is 0 Å². The molecule has 6 heteroatoms. The smallest absolute Gasteiger partial charge is 0.294 e. The number of nitrogens with zero attached hydrogens (tertiary/aromatic N) is 1. The molecule has 2 N–H and O–H groups in total. The third-order valence-corrected chi connectivity index (χ3v) is 4.83. The molecule has 0 radical (unpaired) electrons. The summed E-state index contributed by atoms with van der Waals surface area (Å²) in [5.41, 5.74) is 6.13. The van der Waals surface area contributed by atoms with Crippen molar-refractivity contribution in [1.82, 2.24) is 9.97 Å². The highest BCUT2D eigenvalue weighted by atomic mass is 32.2. The van der Waals surface area contributed by atoms with E-state index < -0.39 is 10.1 Å². The van der Waals surface area contributed by atoms with E-state index in [1.54, 1.807) is 18.5 Å². The molecule has 0 aliphatic heterocycles. The monoisotopic (exact) mass is 358 g/mol. The van der Waals surface area contributed by atoms with Gasteiger partial charge in [-0.2, -0.15) is 8.42 Å². The molecular weight excluding hydrogens is 336 g/mol. The van der Waals surface area contributed by atoms with Crippen LogP contribution in [0.5, 0.6) is 0 Å². The van der Waals surface area contributed by atoms with Crippen molar-refractivity contribution in [3.8, 4) is 0 Å². The number of rotatable bonds is 3. The van der Waals surface area contributed by atoms with Crippen LogP contribution in [0, 0.1) is 20.8 Å². The highest BCUT2D eigenvalue weighted by Gasteiger charge is 2.06. The van der Waals surface area contributed by atoms with Crippen LogP contribution >= 0.6 is 0 Å². The largest absolute Gasteiger partial charge is 0.351 e. The third kappa shape index (κ3) is 5.55. The first-order chi connectivity index (χ1) is 11.8. The first kappa shape index (κ1) is 18.9. The molecule has 2 aromatic carbocycles. The molecule has 0 amide bonds. The van der Waals surface area contributed by atoms with E-state index in [1.807, 2.05) is 13.1 Å². The van der Waals surface area contributed by atoms with Gasteiger partial charge in [0, 0.05) is 12.6 Å². The number of aromatic nitrogens is 2. The molecule has 1 heterocycles. The summed E-state index contributed by atoms with van der Waals surface area (Å²) < 4.78 is 29.6. The van der Waals surface area contributed by atoms with Gasteiger partial charge in [0.1, 0.15) is 0 Å². The summed E-state index contributed by atoms with van der Waals surface area (Å²) in [5, 5.41) is 0. The summed E-state index contributed by atoms with van der Waals surface area (Å²) in [7, 11) is -4.02. The van der Waals surface area contributed by atoms with Gasteiger partial charge in [-0.1, -0.05) is 35.9 Å². The molecule has 0 fully saturated rings. The van der Waals surface area contributed by atoms with Gasteiger partial charge in [0.25, 0.3) is 10.1 Å². The van der Waals surface area contributed by atoms with Crippen LogP contribution in [0.3, 0.4) is 0 Å². The van der Waals surface area contributed by atoms with Gasteiger partial charge in [0.05, 0.1) is 16.9 Å². The van der Waals surface area contributed by atoms with Crippen LogP contribution in [0.25, 0.3) is 0 Å². The van der Waals surface area contributed by atoms with Crippen molar-refractivity contribution >= 4 is 10.1 Å². The molecule has 1 aromatic heterocycles. The molecule has 3 rings (SSSR count). The summed E-state index contributed by atoms with van der Waals surface area (Å²) >= 11 is 0. The normalized spacial score (nSPS) is 10.9. The average molecular weight is 358 g/mol. The zero-order valence-electron chi connectivity index (χ0n) is 14.5. The van der Waals surface area contributed by atoms with E-state index in [2.05, 4.69) is 42.0 Å². The van der Waals surface area contributed by atoms with Crippen LogP contribution in [0.15, 0.2) is 59.9 Å². The minimum Gasteiger partial charge on any atom is -0.351 e. The minimum atomic E-state index is -4.02. The SMILES string of the molecule is Cc1ccc(S(=O)(=O)O)cc1.Cc1cccc(Cc2c[nH]cn2)c1C. The molecule has 0 aliphatic rings. The van der Waals surface area contributed by atoms with Gasteiger partial charge >= 0.3 is 0 Å². The Labute approximate surface area is 148 Å². The summed E-state index contributed by atoms with van der Waals surface area (Å²) in [4.78, 5) is 7.13. The summed E-state index contributed by atoms with van der Waals surface area (Å²) in [6.45, 7) is 6.15. The van der Waals surface area contributed by atoms with Crippen molar-refractivity contribution in [2.24, 2.45) is 0 Å². The molecule has 132 valence electrons. The number of hydrogen-bond acceptors (Lipinski definition) is 3. The third-order valence-electron chi connectivity index (χ3n) is 3.96. The maximum Gasteiger partial charge on any atom is 0.294 e. The lowest BCUT2D eigenvalue weighted by Gasteiger charge is -2.06. The van der Waals surface area contributed by atoms with Gasteiger partial charge in [-0.25, -0.2) is 4.98 Å². The van der Waals surface area contributed by atoms with E-state index in [4.69, 9.17) is 4.55 Å². The maximum atomic E-state index is 10.5. The van der Waals surface area contributed by atoms with Crippen LogP contribution in [0.2, 0.25) is 0 Å². The predicted octanol–water partition coefficient (Wildman–Crippen LogP) is 3.86. The van der Waals surface area contributed by atoms with Gasteiger partial charge in [-0.05, 0) is 49.6 Å². The Morgan fingerprint density at radius 1 is 1.04 bits per heavy atom. The molecule has 25 heavy (non-hydrogen) atoms. The Morgan fingerprint density at radius 2 is 1.72 bits per heavy atom. The highest BCUT2D eigenvalue weighted by molar-refractivity contribution is 7.85. The minimum absolute atomic E-state index is 0.0666. The number of nitrogens with one attached hydrogen (secondary N) is 1. The molecule has 0 saturated carbocycles. The fourth-order valence-corrected chi connectivity index (χ4v) is 2.78. The first-order valence-corrected chi connectivity index (χ1v) is 9.28. The van der Waals surface area contributed by atoms with E-state index in [1.165, 1.54) is 28.8 Å². The maximum absolute atomic E-state index is 10.5. The van der Waals surface area contributed by atoms with Crippen LogP contribution in [-0.4, -0.2) is 22.9 Å². The second-order valence-electron chi connectivity index (χ2n) is 5.88. The lowest BCUT2D eigenvalue weighted by Crippen LogP contribution is -1.96. The van der Waals surface area contributed by atoms with Crippen LogP contribution < -0.4 is 0 Å². The summed E-state index contributed by atoms with van der Waals surface area (Å²) in [5.74, 6) is 0. The number of imidazole rings is 1. The Morgan fingerprint density at radius 3 is 2.28 bits per heavy atom. The topological polar surface area (TPSA) is 83.0 Å². The molecule has 0 spiro atoms. The molecule has 0 bridgehead atoms. The van der Waals surface area contributed by atoms with Crippen molar-refractivity contribution < 1.29 is 13.0 Å². The highest BCUT2D eigenvalue weighted by Crippen LogP contribution is 2.15. The number of aromatic amines is 1. The number of aryl methyl sites for hydroxylation is 2. The molecular formula is C19H22N2O3S. The fraction of sp³-hybridized carbons (Fsp3) is 0.211. The van der Waals surface area contributed by atoms with E-state index in [0.29, 0.717) is 0 Å². The molecule has 0 atom stereocenters. The zero-order valence-corrected chi connectivity index (χ0v) is 15.3. The van der Waals surface area contributed by atoms with Crippen molar-refractivity contribution in [2.75, 3.05) is 0 Å². The predicted molar refractivity (Wildman–Crippen MR) is 98.3 cm³/mol. The number of benzene rings is 2. The number of H-pyrrole nitrogens is 1.